The molecular formula is C16H25N3O. The lowest BCUT2D eigenvalue weighted by Crippen LogP contribution is -2.37. The van der Waals surface area contributed by atoms with Crippen molar-refractivity contribution in [1.82, 2.24) is 9.88 Å². The van der Waals surface area contributed by atoms with Crippen molar-refractivity contribution in [1.29, 1.82) is 0 Å². The first-order valence-electron chi connectivity index (χ1n) is 7.46. The van der Waals surface area contributed by atoms with Gasteiger partial charge in [0.2, 0.25) is 5.91 Å². The minimum absolute atomic E-state index is 0.0904. The third-order valence-corrected chi connectivity index (χ3v) is 4.13. The fourth-order valence-electron chi connectivity index (χ4n) is 2.89. The number of anilines is 1. The van der Waals surface area contributed by atoms with Gasteiger partial charge < -0.3 is 5.32 Å². The fraction of sp³-hybridized carbons (Fsp3) is 0.625. The van der Waals surface area contributed by atoms with Gasteiger partial charge in [-0.25, -0.2) is 0 Å². The predicted molar refractivity (Wildman–Crippen MR) is 81.8 cm³/mol. The average Bonchev–Trinajstić information content (AvgIpc) is 2.82. The third-order valence-electron chi connectivity index (χ3n) is 4.13. The van der Waals surface area contributed by atoms with Crippen LogP contribution in [0, 0.1) is 13.8 Å². The highest BCUT2D eigenvalue weighted by Crippen LogP contribution is 2.23. The van der Waals surface area contributed by atoms with E-state index in [0.717, 1.165) is 29.9 Å². The second-order valence-corrected chi connectivity index (χ2v) is 6.01. The van der Waals surface area contributed by atoms with Gasteiger partial charge in [-0.05, 0) is 58.7 Å². The van der Waals surface area contributed by atoms with Gasteiger partial charge >= 0.3 is 0 Å². The lowest BCUT2D eigenvalue weighted by Gasteiger charge is -2.27. The van der Waals surface area contributed by atoms with Crippen molar-refractivity contribution >= 4 is 11.6 Å². The van der Waals surface area contributed by atoms with E-state index in [4.69, 9.17) is 0 Å². The molecule has 1 N–H and O–H groups in total. The Labute approximate surface area is 121 Å². The predicted octanol–water partition coefficient (Wildman–Crippen LogP) is 2.90. The summed E-state index contributed by atoms with van der Waals surface area (Å²) >= 11 is 0. The van der Waals surface area contributed by atoms with Gasteiger partial charge in [0.15, 0.2) is 0 Å². The van der Waals surface area contributed by atoms with E-state index in [1.165, 1.54) is 6.42 Å². The van der Waals surface area contributed by atoms with Crippen LogP contribution in [0.4, 0.5) is 5.69 Å². The van der Waals surface area contributed by atoms with Crippen molar-refractivity contribution in [3.63, 3.8) is 0 Å². The molecule has 1 aromatic heterocycles. The van der Waals surface area contributed by atoms with Gasteiger partial charge in [0.1, 0.15) is 0 Å². The molecule has 0 aliphatic carbocycles. The molecule has 0 bridgehead atoms. The Hall–Kier alpha value is -1.42. The highest BCUT2D eigenvalue weighted by molar-refractivity contribution is 5.91. The fourth-order valence-corrected chi connectivity index (χ4v) is 2.89. The van der Waals surface area contributed by atoms with E-state index in [-0.39, 0.29) is 5.91 Å². The molecule has 4 nitrogen and oxygen atoms in total. The maximum Gasteiger partial charge on any atom is 0.225 e. The lowest BCUT2D eigenvalue weighted by atomic mass is 10.1. The Balaban J connectivity index is 1.93. The monoisotopic (exact) mass is 275 g/mol. The molecule has 4 heteroatoms. The Morgan fingerprint density at radius 1 is 1.50 bits per heavy atom. The Kier molecular flexibility index (Phi) is 4.76. The molecule has 0 radical (unpaired) electrons. The molecule has 1 fully saturated rings. The Morgan fingerprint density at radius 3 is 2.90 bits per heavy atom. The molecule has 1 amide bonds. The smallest absolute Gasteiger partial charge is 0.225 e. The molecule has 1 saturated heterocycles. The van der Waals surface area contributed by atoms with Gasteiger partial charge in [0, 0.05) is 24.2 Å². The number of carbonyl (C=O) groups is 1. The average molecular weight is 275 g/mol. The van der Waals surface area contributed by atoms with Crippen LogP contribution in [0.2, 0.25) is 0 Å². The highest BCUT2D eigenvalue weighted by atomic mass is 16.1. The lowest BCUT2D eigenvalue weighted by molar-refractivity contribution is -0.117. The minimum Gasteiger partial charge on any atom is -0.325 e. The first kappa shape index (κ1) is 15.0. The van der Waals surface area contributed by atoms with Crippen LogP contribution in [0.1, 0.15) is 44.4 Å². The third kappa shape index (κ3) is 3.57. The molecule has 0 unspecified atom stereocenters. The zero-order valence-electron chi connectivity index (χ0n) is 12.9. The molecule has 2 rings (SSSR count). The van der Waals surface area contributed by atoms with E-state index < -0.39 is 0 Å². The summed E-state index contributed by atoms with van der Waals surface area (Å²) in [7, 11) is 0. The summed E-state index contributed by atoms with van der Waals surface area (Å²) in [6, 6.07) is 2.88. The van der Waals surface area contributed by atoms with E-state index in [1.54, 1.807) is 6.20 Å². The highest BCUT2D eigenvalue weighted by Gasteiger charge is 2.28. The molecule has 1 atom stereocenters. The van der Waals surface area contributed by atoms with Crippen molar-refractivity contribution in [3.05, 3.63) is 23.5 Å². The summed E-state index contributed by atoms with van der Waals surface area (Å²) in [6.45, 7) is 9.49. The molecular weight excluding hydrogens is 250 g/mol. The molecule has 0 saturated carbocycles. The molecule has 1 aliphatic rings. The largest absolute Gasteiger partial charge is 0.325 e. The van der Waals surface area contributed by atoms with E-state index in [1.807, 2.05) is 19.9 Å². The maximum atomic E-state index is 12.2. The number of rotatable bonds is 4. The second kappa shape index (κ2) is 6.35. The molecule has 20 heavy (non-hydrogen) atoms. The number of aryl methyl sites for hydroxylation is 2. The SMILES string of the molecule is Cc1cc(NC(=O)C[C@H]2CCCN2C(C)C)cnc1C. The number of pyridine rings is 1. The van der Waals surface area contributed by atoms with Crippen molar-refractivity contribution in [2.24, 2.45) is 0 Å². The summed E-state index contributed by atoms with van der Waals surface area (Å²) in [5.41, 5.74) is 2.91. The second-order valence-electron chi connectivity index (χ2n) is 6.01. The van der Waals surface area contributed by atoms with Gasteiger partial charge in [0.05, 0.1) is 11.9 Å². The van der Waals surface area contributed by atoms with Gasteiger partial charge in [-0.1, -0.05) is 0 Å². The number of amides is 1. The van der Waals surface area contributed by atoms with Gasteiger partial charge in [0.25, 0.3) is 0 Å². The standard InChI is InChI=1S/C16H25N3O/c1-11(2)19-7-5-6-15(19)9-16(20)18-14-8-12(3)13(4)17-10-14/h8,10-11,15H,5-7,9H2,1-4H3,(H,18,20)/t15-/m1/s1. The summed E-state index contributed by atoms with van der Waals surface area (Å²) < 4.78 is 0. The van der Waals surface area contributed by atoms with Crippen molar-refractivity contribution in [2.75, 3.05) is 11.9 Å². The topological polar surface area (TPSA) is 45.2 Å². The number of nitrogens with one attached hydrogen (secondary N) is 1. The molecule has 110 valence electrons. The summed E-state index contributed by atoms with van der Waals surface area (Å²) in [5, 5.41) is 2.97. The zero-order chi connectivity index (χ0) is 14.7. The Bertz CT molecular complexity index is 485. The zero-order valence-corrected chi connectivity index (χ0v) is 12.9. The number of hydrogen-bond donors (Lipinski definition) is 1. The van der Waals surface area contributed by atoms with Crippen molar-refractivity contribution in [2.45, 2.75) is 59.0 Å². The van der Waals surface area contributed by atoms with Crippen LogP contribution in [-0.2, 0) is 4.79 Å². The van der Waals surface area contributed by atoms with Gasteiger partial charge in [-0.3, -0.25) is 14.7 Å². The normalized spacial score (nSPS) is 19.6. The van der Waals surface area contributed by atoms with Crippen molar-refractivity contribution < 1.29 is 4.79 Å². The van der Waals surface area contributed by atoms with Gasteiger partial charge in [-0.2, -0.15) is 0 Å². The molecule has 1 aromatic rings. The summed E-state index contributed by atoms with van der Waals surface area (Å²) in [6.07, 6.45) is 4.62. The molecule has 2 heterocycles. The molecule has 1 aliphatic heterocycles. The Morgan fingerprint density at radius 2 is 2.25 bits per heavy atom. The van der Waals surface area contributed by atoms with Crippen LogP contribution < -0.4 is 5.32 Å². The summed E-state index contributed by atoms with van der Waals surface area (Å²) in [5.74, 6) is 0.0904. The first-order valence-corrected chi connectivity index (χ1v) is 7.46. The van der Waals surface area contributed by atoms with Crippen molar-refractivity contribution in [3.8, 4) is 0 Å². The minimum atomic E-state index is 0.0904. The van der Waals surface area contributed by atoms with Crippen LogP contribution in [-0.4, -0.2) is 34.4 Å². The van der Waals surface area contributed by atoms with E-state index in [0.29, 0.717) is 18.5 Å². The number of likely N-dealkylation sites (tertiary alicyclic amines) is 1. The van der Waals surface area contributed by atoms with Crippen LogP contribution in [0.25, 0.3) is 0 Å². The van der Waals surface area contributed by atoms with E-state index in [9.17, 15) is 4.79 Å². The quantitative estimate of drug-likeness (QED) is 0.919. The van der Waals surface area contributed by atoms with Gasteiger partial charge in [-0.15, -0.1) is 0 Å². The first-order chi connectivity index (χ1) is 9.47. The van der Waals surface area contributed by atoms with E-state index in [2.05, 4.69) is 29.0 Å². The maximum absolute atomic E-state index is 12.2. The number of nitrogens with zero attached hydrogens (tertiary/aromatic N) is 2. The summed E-state index contributed by atoms with van der Waals surface area (Å²) in [4.78, 5) is 18.9. The van der Waals surface area contributed by atoms with E-state index >= 15 is 0 Å². The number of aromatic nitrogens is 1. The molecule has 0 spiro atoms. The van der Waals surface area contributed by atoms with Crippen LogP contribution in [0.5, 0.6) is 0 Å². The van der Waals surface area contributed by atoms with Crippen LogP contribution in [0.3, 0.4) is 0 Å². The van der Waals surface area contributed by atoms with Crippen LogP contribution in [0.15, 0.2) is 12.3 Å². The number of hydrogen-bond acceptors (Lipinski definition) is 3. The van der Waals surface area contributed by atoms with Crippen LogP contribution >= 0.6 is 0 Å². The molecule has 0 aromatic carbocycles. The number of carbonyl (C=O) groups excluding carboxylic acids is 1.